The van der Waals surface area contributed by atoms with Gasteiger partial charge in [-0.3, -0.25) is 9.59 Å². The Balaban J connectivity index is 2.06. The number of aryl methyl sites for hydroxylation is 3. The molecule has 3 rings (SSSR count). The van der Waals surface area contributed by atoms with E-state index in [1.54, 1.807) is 26.8 Å². The van der Waals surface area contributed by atoms with Crippen molar-refractivity contribution < 1.29 is 19.1 Å². The third kappa shape index (κ3) is 8.57. The lowest BCUT2D eigenvalue weighted by Crippen LogP contribution is -2.53. The van der Waals surface area contributed by atoms with Gasteiger partial charge in [0.15, 0.2) is 0 Å². The molecule has 41 heavy (non-hydrogen) atoms. The topological polar surface area (TPSA) is 87.7 Å². The van der Waals surface area contributed by atoms with Gasteiger partial charge in [-0.05, 0) is 76.8 Å². The van der Waals surface area contributed by atoms with Crippen LogP contribution in [0, 0.1) is 20.8 Å². The molecule has 3 aromatic rings. The molecule has 0 aliphatic heterocycles. The maximum atomic E-state index is 14.3. The normalized spacial score (nSPS) is 12.7. The highest BCUT2D eigenvalue weighted by Gasteiger charge is 2.36. The first-order chi connectivity index (χ1) is 19.3. The molecule has 0 aliphatic carbocycles. The molecule has 0 aliphatic rings. The molecule has 0 bridgehead atoms. The molecule has 0 aromatic heterocycles. The summed E-state index contributed by atoms with van der Waals surface area (Å²) in [5.74, 6) is -0.808. The molecule has 0 heterocycles. The number of para-hydroxylation sites is 1. The lowest BCUT2D eigenvalue weighted by atomic mass is 9.95. The highest BCUT2D eigenvalue weighted by atomic mass is 35.5. The van der Waals surface area contributed by atoms with Crippen molar-refractivity contribution in [2.75, 3.05) is 11.9 Å². The van der Waals surface area contributed by atoms with Crippen molar-refractivity contribution in [3.63, 3.8) is 0 Å². The number of ether oxygens (including phenoxy) is 1. The predicted molar refractivity (Wildman–Crippen MR) is 164 cm³/mol. The average molecular weight is 578 g/mol. The smallest absolute Gasteiger partial charge is 0.408 e. The number of anilines is 1. The molecule has 7 nitrogen and oxygen atoms in total. The minimum Gasteiger partial charge on any atom is -0.444 e. The highest BCUT2D eigenvalue weighted by molar-refractivity contribution is 6.34. The van der Waals surface area contributed by atoms with E-state index >= 15 is 0 Å². The quantitative estimate of drug-likeness (QED) is 0.289. The van der Waals surface area contributed by atoms with Crippen LogP contribution in [-0.4, -0.2) is 41.0 Å². The molecule has 0 radical (unpaired) electrons. The molecule has 2 atom stereocenters. The Morgan fingerprint density at radius 2 is 1.61 bits per heavy atom. The van der Waals surface area contributed by atoms with E-state index in [0.717, 1.165) is 22.3 Å². The van der Waals surface area contributed by atoms with Crippen LogP contribution >= 0.6 is 11.6 Å². The molecular formula is C33H40ClN3O4. The zero-order valence-corrected chi connectivity index (χ0v) is 25.6. The van der Waals surface area contributed by atoms with Crippen LogP contribution in [0.4, 0.5) is 10.5 Å². The first kappa shape index (κ1) is 31.7. The first-order valence-electron chi connectivity index (χ1n) is 13.8. The van der Waals surface area contributed by atoms with Crippen molar-refractivity contribution in [2.24, 2.45) is 0 Å². The Morgan fingerprint density at radius 3 is 2.20 bits per heavy atom. The summed E-state index contributed by atoms with van der Waals surface area (Å²) in [6, 6.07) is 18.6. The van der Waals surface area contributed by atoms with Gasteiger partial charge in [0, 0.05) is 13.0 Å². The number of carbonyl (C=O) groups is 3. The SMILES string of the molecule is CCN(C(=O)C(Cc1ccccc1)NC(=O)OC(C)(C)C)C(C(=O)Nc1c(C)cccc1Cl)c1ccc(C)cc1C. The molecule has 2 unspecified atom stereocenters. The van der Waals surface area contributed by atoms with Crippen LogP contribution in [0.1, 0.15) is 61.6 Å². The van der Waals surface area contributed by atoms with E-state index in [-0.39, 0.29) is 13.0 Å². The Hall–Kier alpha value is -3.84. The average Bonchev–Trinajstić information content (AvgIpc) is 2.88. The fourth-order valence-corrected chi connectivity index (χ4v) is 5.00. The minimum atomic E-state index is -0.984. The second-order valence-corrected chi connectivity index (χ2v) is 11.6. The van der Waals surface area contributed by atoms with E-state index in [4.69, 9.17) is 16.3 Å². The van der Waals surface area contributed by atoms with Crippen molar-refractivity contribution in [1.82, 2.24) is 10.2 Å². The van der Waals surface area contributed by atoms with Crippen molar-refractivity contribution in [3.05, 3.63) is 99.6 Å². The molecule has 2 N–H and O–H groups in total. The van der Waals surface area contributed by atoms with Crippen LogP contribution in [0.25, 0.3) is 0 Å². The second-order valence-electron chi connectivity index (χ2n) is 11.2. The van der Waals surface area contributed by atoms with Gasteiger partial charge in [0.05, 0.1) is 10.7 Å². The molecule has 218 valence electrons. The summed E-state index contributed by atoms with van der Waals surface area (Å²) in [6.07, 6.45) is -0.484. The summed E-state index contributed by atoms with van der Waals surface area (Å²) in [4.78, 5) is 42.8. The van der Waals surface area contributed by atoms with E-state index < -0.39 is 35.6 Å². The molecule has 3 aromatic carbocycles. The molecule has 0 saturated heterocycles. The van der Waals surface area contributed by atoms with Crippen LogP contribution < -0.4 is 10.6 Å². The second kappa shape index (κ2) is 13.7. The number of halogens is 1. The number of rotatable bonds is 9. The minimum absolute atomic E-state index is 0.215. The Kier molecular flexibility index (Phi) is 10.6. The number of hydrogen-bond donors (Lipinski definition) is 2. The largest absolute Gasteiger partial charge is 0.444 e. The van der Waals surface area contributed by atoms with Gasteiger partial charge in [0.1, 0.15) is 17.7 Å². The Morgan fingerprint density at radius 1 is 0.927 bits per heavy atom. The van der Waals surface area contributed by atoms with E-state index in [9.17, 15) is 14.4 Å². The molecule has 8 heteroatoms. The number of likely N-dealkylation sites (N-methyl/N-ethyl adjacent to an activating group) is 1. The molecule has 0 spiro atoms. The van der Waals surface area contributed by atoms with E-state index in [1.807, 2.05) is 88.4 Å². The first-order valence-corrected chi connectivity index (χ1v) is 14.2. The van der Waals surface area contributed by atoms with Crippen LogP contribution in [0.3, 0.4) is 0 Å². The third-order valence-electron chi connectivity index (χ3n) is 6.65. The summed E-state index contributed by atoms with van der Waals surface area (Å²) in [5.41, 5.74) is 3.99. The third-order valence-corrected chi connectivity index (χ3v) is 6.96. The lowest BCUT2D eigenvalue weighted by molar-refractivity contribution is -0.140. The summed E-state index contributed by atoms with van der Waals surface area (Å²) in [7, 11) is 0. The number of amides is 3. The molecule has 3 amide bonds. The Labute approximate surface area is 248 Å². The van der Waals surface area contributed by atoms with Crippen LogP contribution in [0.5, 0.6) is 0 Å². The number of hydrogen-bond acceptors (Lipinski definition) is 4. The van der Waals surface area contributed by atoms with Gasteiger partial charge in [0.2, 0.25) is 5.91 Å². The lowest BCUT2D eigenvalue weighted by Gasteiger charge is -2.34. The van der Waals surface area contributed by atoms with Crippen molar-refractivity contribution in [3.8, 4) is 0 Å². The standard InChI is InChI=1S/C33H40ClN3O4/c1-8-37(31(39)27(20-24-14-10-9-11-15-24)35-32(40)41-33(5,6)7)29(25-18-17-21(2)19-23(25)4)30(38)36-28-22(3)13-12-16-26(28)34/h9-19,27,29H,8,20H2,1-7H3,(H,35,40)(H,36,38). The van der Waals surface area contributed by atoms with Gasteiger partial charge in [-0.2, -0.15) is 0 Å². The molecular weight excluding hydrogens is 538 g/mol. The van der Waals surface area contributed by atoms with E-state index in [1.165, 1.54) is 4.90 Å². The fourth-order valence-electron chi connectivity index (χ4n) is 4.73. The monoisotopic (exact) mass is 577 g/mol. The number of nitrogens with zero attached hydrogens (tertiary/aromatic N) is 1. The summed E-state index contributed by atoms with van der Waals surface area (Å²) in [5, 5.41) is 6.14. The fraction of sp³-hybridized carbons (Fsp3) is 0.364. The number of nitrogens with one attached hydrogen (secondary N) is 2. The summed E-state index contributed by atoms with van der Waals surface area (Å²) in [6.45, 7) is 13.1. The summed E-state index contributed by atoms with van der Waals surface area (Å²) >= 11 is 6.45. The molecule has 0 saturated carbocycles. The molecule has 0 fully saturated rings. The maximum absolute atomic E-state index is 14.3. The van der Waals surface area contributed by atoms with Crippen LogP contribution in [-0.2, 0) is 20.7 Å². The van der Waals surface area contributed by atoms with Crippen LogP contribution in [0.2, 0.25) is 5.02 Å². The van der Waals surface area contributed by atoms with Crippen LogP contribution in [0.15, 0.2) is 66.7 Å². The van der Waals surface area contributed by atoms with Crippen molar-refractivity contribution >= 4 is 35.2 Å². The van der Waals surface area contributed by atoms with Gasteiger partial charge in [-0.1, -0.05) is 77.8 Å². The van der Waals surface area contributed by atoms with E-state index in [2.05, 4.69) is 10.6 Å². The predicted octanol–water partition coefficient (Wildman–Crippen LogP) is 6.93. The number of alkyl carbamates (subject to hydrolysis) is 1. The number of benzene rings is 3. The van der Waals surface area contributed by atoms with E-state index in [0.29, 0.717) is 16.3 Å². The van der Waals surface area contributed by atoms with Crippen molar-refractivity contribution in [2.45, 2.75) is 72.6 Å². The zero-order valence-electron chi connectivity index (χ0n) is 24.9. The van der Waals surface area contributed by atoms with Crippen molar-refractivity contribution in [1.29, 1.82) is 0 Å². The van der Waals surface area contributed by atoms with Gasteiger partial charge in [-0.15, -0.1) is 0 Å². The zero-order chi connectivity index (χ0) is 30.3. The maximum Gasteiger partial charge on any atom is 0.408 e. The van der Waals surface area contributed by atoms with Gasteiger partial charge in [-0.25, -0.2) is 4.79 Å². The van der Waals surface area contributed by atoms with Gasteiger partial charge < -0.3 is 20.3 Å². The van der Waals surface area contributed by atoms with Gasteiger partial charge >= 0.3 is 6.09 Å². The number of carbonyl (C=O) groups excluding carboxylic acids is 3. The summed E-state index contributed by atoms with van der Waals surface area (Å²) < 4.78 is 5.48. The van der Waals surface area contributed by atoms with Gasteiger partial charge in [0.25, 0.3) is 5.91 Å². The highest BCUT2D eigenvalue weighted by Crippen LogP contribution is 2.31. The Bertz CT molecular complexity index is 1360.